The zero-order chi connectivity index (χ0) is 13.1. The van der Waals surface area contributed by atoms with Crippen molar-refractivity contribution in [2.45, 2.75) is 6.92 Å². The number of phenols is 1. The van der Waals surface area contributed by atoms with Gasteiger partial charge in [0.15, 0.2) is 18.3 Å². The Morgan fingerprint density at radius 3 is 2.83 bits per heavy atom. The van der Waals surface area contributed by atoms with Crippen molar-refractivity contribution < 1.29 is 14.6 Å². The molecule has 0 atom stereocenters. The molecule has 1 aromatic heterocycles. The topological polar surface area (TPSA) is 60.7 Å². The molecule has 0 bridgehead atoms. The first-order valence-electron chi connectivity index (χ1n) is 5.67. The predicted molar refractivity (Wildman–Crippen MR) is 68.0 cm³/mol. The van der Waals surface area contributed by atoms with E-state index in [1.807, 2.05) is 6.92 Å². The molecule has 96 valence electrons. The highest BCUT2D eigenvalue weighted by Gasteiger charge is 2.11. The molecule has 5 nitrogen and oxygen atoms in total. The van der Waals surface area contributed by atoms with Crippen LogP contribution in [0.5, 0.6) is 11.5 Å². The summed E-state index contributed by atoms with van der Waals surface area (Å²) in [6.45, 7) is 2.41. The van der Waals surface area contributed by atoms with Crippen LogP contribution in [0.2, 0.25) is 0 Å². The van der Waals surface area contributed by atoms with E-state index in [0.29, 0.717) is 12.0 Å². The van der Waals surface area contributed by atoms with Gasteiger partial charge in [-0.05, 0) is 24.4 Å². The summed E-state index contributed by atoms with van der Waals surface area (Å²) in [7, 11) is 1.63. The zero-order valence-electron chi connectivity index (χ0n) is 10.3. The maximum atomic E-state index is 11.9. The fourth-order valence-corrected chi connectivity index (χ4v) is 1.69. The van der Waals surface area contributed by atoms with E-state index in [-0.39, 0.29) is 29.2 Å². The van der Waals surface area contributed by atoms with Crippen LogP contribution >= 0.6 is 0 Å². The standard InChI is InChI=1S/C13H15NO4/c1-3-17-8-18-10-5-4-9-6-7-14(2)13(16)11(9)12(10)15/h4-7,15H,3,8H2,1-2H3. The van der Waals surface area contributed by atoms with Crippen LogP contribution in [-0.2, 0) is 11.8 Å². The number of aromatic nitrogens is 1. The van der Waals surface area contributed by atoms with Crippen LogP contribution in [-0.4, -0.2) is 23.1 Å². The number of aryl methyl sites for hydroxylation is 1. The van der Waals surface area contributed by atoms with Crippen LogP contribution in [0.3, 0.4) is 0 Å². The van der Waals surface area contributed by atoms with Crippen LogP contribution in [0.1, 0.15) is 6.92 Å². The van der Waals surface area contributed by atoms with E-state index in [1.165, 1.54) is 4.57 Å². The number of aromatic hydroxyl groups is 1. The third-order valence-corrected chi connectivity index (χ3v) is 2.69. The molecule has 1 N–H and O–H groups in total. The average Bonchev–Trinajstić information content (AvgIpc) is 2.36. The normalized spacial score (nSPS) is 10.8. The highest BCUT2D eigenvalue weighted by atomic mass is 16.7. The summed E-state index contributed by atoms with van der Waals surface area (Å²) < 4.78 is 11.7. The van der Waals surface area contributed by atoms with Crippen molar-refractivity contribution in [2.24, 2.45) is 7.05 Å². The van der Waals surface area contributed by atoms with Crippen LogP contribution in [0, 0.1) is 0 Å². The van der Waals surface area contributed by atoms with Crippen LogP contribution in [0.25, 0.3) is 10.8 Å². The summed E-state index contributed by atoms with van der Waals surface area (Å²) in [6, 6.07) is 5.12. The summed E-state index contributed by atoms with van der Waals surface area (Å²) in [5.41, 5.74) is -0.258. The summed E-state index contributed by atoms with van der Waals surface area (Å²) in [5.74, 6) is 0.104. The summed E-state index contributed by atoms with van der Waals surface area (Å²) >= 11 is 0. The number of ether oxygens (including phenoxy) is 2. The Bertz CT molecular complexity index is 618. The molecule has 0 radical (unpaired) electrons. The van der Waals surface area contributed by atoms with Crippen LogP contribution < -0.4 is 10.3 Å². The van der Waals surface area contributed by atoms with E-state index in [2.05, 4.69) is 0 Å². The lowest BCUT2D eigenvalue weighted by atomic mass is 10.1. The van der Waals surface area contributed by atoms with E-state index >= 15 is 0 Å². The van der Waals surface area contributed by atoms with E-state index in [0.717, 1.165) is 0 Å². The predicted octanol–water partition coefficient (Wildman–Crippen LogP) is 1.62. The molecular formula is C13H15NO4. The van der Waals surface area contributed by atoms with Crippen molar-refractivity contribution in [2.75, 3.05) is 13.4 Å². The van der Waals surface area contributed by atoms with Gasteiger partial charge >= 0.3 is 0 Å². The number of hydrogen-bond donors (Lipinski definition) is 1. The molecule has 0 fully saturated rings. The van der Waals surface area contributed by atoms with Crippen molar-refractivity contribution in [3.63, 3.8) is 0 Å². The number of pyridine rings is 1. The molecule has 0 amide bonds. The molecule has 2 rings (SSSR count). The van der Waals surface area contributed by atoms with Gasteiger partial charge in [-0.15, -0.1) is 0 Å². The maximum absolute atomic E-state index is 11.9. The second kappa shape index (κ2) is 5.10. The third kappa shape index (κ3) is 2.17. The first-order chi connectivity index (χ1) is 8.65. The van der Waals surface area contributed by atoms with Crippen LogP contribution in [0.4, 0.5) is 0 Å². The third-order valence-electron chi connectivity index (χ3n) is 2.69. The van der Waals surface area contributed by atoms with E-state index in [9.17, 15) is 9.90 Å². The van der Waals surface area contributed by atoms with Gasteiger partial charge in [0.1, 0.15) is 0 Å². The Balaban J connectivity index is 2.49. The lowest BCUT2D eigenvalue weighted by Crippen LogP contribution is -2.15. The number of phenolic OH excluding ortho intramolecular Hbond substituents is 1. The molecule has 0 spiro atoms. The molecule has 1 aromatic carbocycles. The highest BCUT2D eigenvalue weighted by Crippen LogP contribution is 2.32. The van der Waals surface area contributed by atoms with Crippen molar-refractivity contribution in [1.82, 2.24) is 4.57 Å². The van der Waals surface area contributed by atoms with Gasteiger partial charge in [-0.25, -0.2) is 0 Å². The lowest BCUT2D eigenvalue weighted by Gasteiger charge is -2.10. The molecule has 18 heavy (non-hydrogen) atoms. The van der Waals surface area contributed by atoms with Gasteiger partial charge in [-0.3, -0.25) is 4.79 Å². The molecule has 1 heterocycles. The van der Waals surface area contributed by atoms with Crippen molar-refractivity contribution in [3.8, 4) is 11.5 Å². The van der Waals surface area contributed by atoms with E-state index < -0.39 is 0 Å². The number of fused-ring (bicyclic) bond motifs is 1. The molecule has 0 aliphatic rings. The first kappa shape index (κ1) is 12.4. The van der Waals surface area contributed by atoms with Gasteiger partial charge in [0.2, 0.25) is 0 Å². The number of nitrogens with zero attached hydrogens (tertiary/aromatic N) is 1. The molecular weight excluding hydrogens is 234 g/mol. The minimum atomic E-state index is -0.258. The second-order valence-electron chi connectivity index (χ2n) is 3.86. The number of benzene rings is 1. The summed E-state index contributed by atoms with van der Waals surface area (Å²) in [4.78, 5) is 11.9. The Hall–Kier alpha value is -2.01. The molecule has 2 aromatic rings. The van der Waals surface area contributed by atoms with Crippen molar-refractivity contribution in [3.05, 3.63) is 34.7 Å². The van der Waals surface area contributed by atoms with Gasteiger partial charge in [0.05, 0.1) is 5.39 Å². The lowest BCUT2D eigenvalue weighted by molar-refractivity contribution is 0.0210. The summed E-state index contributed by atoms with van der Waals surface area (Å²) in [6.07, 6.45) is 1.66. The van der Waals surface area contributed by atoms with Gasteiger partial charge in [0, 0.05) is 19.9 Å². The quantitative estimate of drug-likeness (QED) is 0.660. The first-order valence-corrected chi connectivity index (χ1v) is 5.67. The Morgan fingerprint density at radius 2 is 2.11 bits per heavy atom. The fourth-order valence-electron chi connectivity index (χ4n) is 1.69. The van der Waals surface area contributed by atoms with Crippen LogP contribution in [0.15, 0.2) is 29.2 Å². The molecule has 5 heteroatoms. The van der Waals surface area contributed by atoms with Gasteiger partial charge in [-0.1, -0.05) is 6.07 Å². The molecule has 0 aliphatic heterocycles. The zero-order valence-corrected chi connectivity index (χ0v) is 10.3. The number of rotatable bonds is 4. The SMILES string of the molecule is CCOCOc1ccc2ccn(C)c(=O)c2c1O. The van der Waals surface area contributed by atoms with E-state index in [1.54, 1.807) is 31.4 Å². The largest absolute Gasteiger partial charge is 0.504 e. The molecule has 0 saturated heterocycles. The summed E-state index contributed by atoms with van der Waals surface area (Å²) in [5, 5.41) is 11.0. The second-order valence-corrected chi connectivity index (χ2v) is 3.86. The molecule has 0 unspecified atom stereocenters. The van der Waals surface area contributed by atoms with Gasteiger partial charge in [0.25, 0.3) is 5.56 Å². The van der Waals surface area contributed by atoms with Crippen molar-refractivity contribution >= 4 is 10.8 Å². The number of hydrogen-bond acceptors (Lipinski definition) is 4. The fraction of sp³-hybridized carbons (Fsp3) is 0.308. The average molecular weight is 249 g/mol. The smallest absolute Gasteiger partial charge is 0.262 e. The monoisotopic (exact) mass is 249 g/mol. The Kier molecular flexibility index (Phi) is 3.53. The minimum Gasteiger partial charge on any atom is -0.504 e. The molecule has 0 saturated carbocycles. The van der Waals surface area contributed by atoms with Gasteiger partial charge in [-0.2, -0.15) is 0 Å². The maximum Gasteiger partial charge on any atom is 0.262 e. The van der Waals surface area contributed by atoms with Crippen molar-refractivity contribution in [1.29, 1.82) is 0 Å². The Labute approximate surface area is 104 Å². The molecule has 0 aliphatic carbocycles. The highest BCUT2D eigenvalue weighted by molar-refractivity contribution is 5.89. The van der Waals surface area contributed by atoms with Gasteiger partial charge < -0.3 is 19.1 Å². The van der Waals surface area contributed by atoms with E-state index in [4.69, 9.17) is 9.47 Å². The Morgan fingerprint density at radius 1 is 1.33 bits per heavy atom. The minimum absolute atomic E-state index is 0.0444.